The number of aliphatic hydroxyl groups excluding tert-OH is 1. The van der Waals surface area contributed by atoms with Crippen LogP contribution in [0, 0.1) is 0 Å². The minimum Gasteiger partial charge on any atom is -0.480 e. The lowest BCUT2D eigenvalue weighted by Gasteiger charge is -2.10. The molecular formula is C8H18NO4P. The molecule has 5 nitrogen and oxygen atoms in total. The number of rotatable bonds is 8. The molecule has 0 aromatic carbocycles. The lowest BCUT2D eigenvalue weighted by atomic mass is 10.3. The average Bonchev–Trinajstić information content (AvgIpc) is 2.14. The molecule has 0 amide bonds. The molecule has 2 atom stereocenters. The number of hydrogen-bond acceptors (Lipinski definition) is 3. The first-order valence-electron chi connectivity index (χ1n) is 4.74. The third-order valence-corrected chi connectivity index (χ3v) is 3.30. The Labute approximate surface area is 84.4 Å². The van der Waals surface area contributed by atoms with Crippen LogP contribution < -0.4 is 5.09 Å². The monoisotopic (exact) mass is 223 g/mol. The van der Waals surface area contributed by atoms with Gasteiger partial charge in [0, 0.05) is 6.16 Å². The van der Waals surface area contributed by atoms with Gasteiger partial charge in [0.15, 0.2) is 0 Å². The fourth-order valence-electron chi connectivity index (χ4n) is 0.988. The van der Waals surface area contributed by atoms with Crippen LogP contribution in [0.1, 0.15) is 26.2 Å². The highest BCUT2D eigenvalue weighted by Gasteiger charge is 2.17. The van der Waals surface area contributed by atoms with Crippen LogP contribution in [-0.2, 0) is 9.36 Å². The normalized spacial score (nSPS) is 15.0. The second kappa shape index (κ2) is 7.97. The van der Waals surface area contributed by atoms with Gasteiger partial charge in [-0.2, -0.15) is 0 Å². The van der Waals surface area contributed by atoms with Crippen LogP contribution in [0.15, 0.2) is 0 Å². The van der Waals surface area contributed by atoms with Gasteiger partial charge in [-0.1, -0.05) is 19.8 Å². The first-order valence-corrected chi connectivity index (χ1v) is 6.36. The standard InChI is InChI=1S/C8H18NO4P/c1-2-3-4-5-14(13)9-7(6-10)8(11)12/h7,10,14H,2-6H2,1H3,(H,9,13)(H,11,12)/t7-/m0/s1. The van der Waals surface area contributed by atoms with Crippen molar-refractivity contribution >= 4 is 13.9 Å². The molecule has 0 aliphatic heterocycles. The third kappa shape index (κ3) is 6.13. The average molecular weight is 223 g/mol. The van der Waals surface area contributed by atoms with Crippen LogP contribution in [0.5, 0.6) is 0 Å². The minimum absolute atomic E-state index is 0.502. The molecule has 0 rings (SSSR count). The van der Waals surface area contributed by atoms with Crippen molar-refractivity contribution in [1.29, 1.82) is 0 Å². The molecule has 84 valence electrons. The van der Waals surface area contributed by atoms with E-state index in [1.807, 2.05) is 6.92 Å². The van der Waals surface area contributed by atoms with Gasteiger partial charge in [0.2, 0.25) is 0 Å². The molecule has 0 aliphatic rings. The molecule has 1 unspecified atom stereocenters. The van der Waals surface area contributed by atoms with Gasteiger partial charge in [-0.15, -0.1) is 0 Å². The van der Waals surface area contributed by atoms with Gasteiger partial charge in [0.25, 0.3) is 0 Å². The Bertz CT molecular complexity index is 198. The van der Waals surface area contributed by atoms with Crippen LogP contribution >= 0.6 is 7.95 Å². The second-order valence-corrected chi connectivity index (χ2v) is 4.73. The van der Waals surface area contributed by atoms with Gasteiger partial charge in [0.1, 0.15) is 14.0 Å². The maximum absolute atomic E-state index is 11.3. The summed E-state index contributed by atoms with van der Waals surface area (Å²) in [7, 11) is -2.06. The van der Waals surface area contributed by atoms with Crippen LogP contribution in [0.2, 0.25) is 0 Å². The first kappa shape index (κ1) is 13.6. The molecule has 0 bridgehead atoms. The Balaban J connectivity index is 3.74. The summed E-state index contributed by atoms with van der Waals surface area (Å²) in [5.41, 5.74) is 0. The summed E-state index contributed by atoms with van der Waals surface area (Å²) in [6, 6.07) is -1.09. The van der Waals surface area contributed by atoms with E-state index in [4.69, 9.17) is 10.2 Å². The molecule has 0 aliphatic carbocycles. The van der Waals surface area contributed by atoms with Crippen molar-refractivity contribution in [2.45, 2.75) is 32.2 Å². The highest BCUT2D eigenvalue weighted by atomic mass is 31.1. The maximum Gasteiger partial charge on any atom is 0.323 e. The SMILES string of the molecule is CCCCC[PH](=O)N[C@@H](CO)C(=O)O. The third-order valence-electron chi connectivity index (χ3n) is 1.82. The summed E-state index contributed by atoms with van der Waals surface area (Å²) in [4.78, 5) is 10.5. The molecule has 14 heavy (non-hydrogen) atoms. The van der Waals surface area contributed by atoms with Crippen molar-refractivity contribution in [3.8, 4) is 0 Å². The topological polar surface area (TPSA) is 86.6 Å². The highest BCUT2D eigenvalue weighted by Crippen LogP contribution is 2.18. The van der Waals surface area contributed by atoms with E-state index in [0.717, 1.165) is 19.3 Å². The molecule has 0 aromatic rings. The van der Waals surface area contributed by atoms with Crippen molar-refractivity contribution in [2.75, 3.05) is 12.8 Å². The van der Waals surface area contributed by atoms with Crippen LogP contribution in [0.25, 0.3) is 0 Å². The zero-order valence-electron chi connectivity index (χ0n) is 8.32. The number of nitrogens with one attached hydrogen (secondary N) is 1. The summed E-state index contributed by atoms with van der Waals surface area (Å²) >= 11 is 0. The summed E-state index contributed by atoms with van der Waals surface area (Å²) in [5, 5.41) is 19.6. The molecule has 3 N–H and O–H groups in total. The Hall–Kier alpha value is -0.380. The molecule has 0 heterocycles. The van der Waals surface area contributed by atoms with Crippen molar-refractivity contribution in [3.05, 3.63) is 0 Å². The molecule has 0 radical (unpaired) electrons. The summed E-state index contributed by atoms with van der Waals surface area (Å²) in [6.45, 7) is 1.51. The fourth-order valence-corrected chi connectivity index (χ4v) is 2.31. The Morgan fingerprint density at radius 3 is 2.57 bits per heavy atom. The van der Waals surface area contributed by atoms with Gasteiger partial charge in [-0.05, 0) is 6.42 Å². The summed E-state index contributed by atoms with van der Waals surface area (Å²) < 4.78 is 11.3. The number of hydrogen-bond donors (Lipinski definition) is 3. The lowest BCUT2D eigenvalue weighted by Crippen LogP contribution is -2.35. The zero-order chi connectivity index (χ0) is 11.0. The van der Waals surface area contributed by atoms with Crippen LogP contribution in [0.3, 0.4) is 0 Å². The molecule has 6 heteroatoms. The molecule has 0 saturated carbocycles. The minimum atomic E-state index is -2.06. The number of carboxylic acids is 1. The van der Waals surface area contributed by atoms with Gasteiger partial charge in [-0.3, -0.25) is 9.88 Å². The van der Waals surface area contributed by atoms with Crippen molar-refractivity contribution in [2.24, 2.45) is 0 Å². The number of carbonyl (C=O) groups is 1. The van der Waals surface area contributed by atoms with Gasteiger partial charge < -0.3 is 14.8 Å². The Morgan fingerprint density at radius 2 is 2.14 bits per heavy atom. The van der Waals surface area contributed by atoms with E-state index in [0.29, 0.717) is 6.16 Å². The first-order chi connectivity index (χ1) is 6.61. The zero-order valence-corrected chi connectivity index (χ0v) is 9.32. The van der Waals surface area contributed by atoms with Gasteiger partial charge in [-0.25, -0.2) is 0 Å². The van der Waals surface area contributed by atoms with E-state index >= 15 is 0 Å². The Morgan fingerprint density at radius 1 is 1.50 bits per heavy atom. The molecule has 0 saturated heterocycles. The lowest BCUT2D eigenvalue weighted by molar-refractivity contribution is -0.139. The van der Waals surface area contributed by atoms with E-state index < -0.39 is 26.6 Å². The second-order valence-electron chi connectivity index (χ2n) is 3.10. The van der Waals surface area contributed by atoms with E-state index in [9.17, 15) is 9.36 Å². The predicted molar refractivity (Wildman–Crippen MR) is 55.0 cm³/mol. The molecule has 0 aromatic heterocycles. The van der Waals surface area contributed by atoms with Crippen molar-refractivity contribution < 1.29 is 19.6 Å². The summed E-state index contributed by atoms with van der Waals surface area (Å²) in [6.07, 6.45) is 3.37. The predicted octanol–water partition coefficient (Wildman–Crippen LogP) is 0.686. The maximum atomic E-state index is 11.3. The van der Waals surface area contributed by atoms with Crippen molar-refractivity contribution in [3.63, 3.8) is 0 Å². The quantitative estimate of drug-likeness (QED) is 0.416. The van der Waals surface area contributed by atoms with Crippen molar-refractivity contribution in [1.82, 2.24) is 5.09 Å². The fraction of sp³-hybridized carbons (Fsp3) is 0.875. The number of aliphatic hydroxyl groups is 1. The van der Waals surface area contributed by atoms with Gasteiger partial charge in [0.05, 0.1) is 6.61 Å². The largest absolute Gasteiger partial charge is 0.480 e. The van der Waals surface area contributed by atoms with E-state index in [-0.39, 0.29) is 0 Å². The van der Waals surface area contributed by atoms with E-state index in [1.54, 1.807) is 0 Å². The van der Waals surface area contributed by atoms with Crippen LogP contribution in [0.4, 0.5) is 0 Å². The number of aliphatic carboxylic acids is 1. The molecule has 0 spiro atoms. The van der Waals surface area contributed by atoms with Crippen LogP contribution in [-0.4, -0.2) is 35.0 Å². The molecule has 0 fully saturated rings. The number of carboxylic acid groups (broad SMARTS) is 1. The number of unbranched alkanes of at least 4 members (excludes halogenated alkanes) is 2. The van der Waals surface area contributed by atoms with E-state index in [2.05, 4.69) is 5.09 Å². The highest BCUT2D eigenvalue weighted by molar-refractivity contribution is 7.42. The summed E-state index contributed by atoms with van der Waals surface area (Å²) in [5.74, 6) is -1.17. The smallest absolute Gasteiger partial charge is 0.323 e. The Kier molecular flexibility index (Phi) is 7.76. The van der Waals surface area contributed by atoms with E-state index in [1.165, 1.54) is 0 Å². The van der Waals surface area contributed by atoms with Gasteiger partial charge >= 0.3 is 5.97 Å². The molecular weight excluding hydrogens is 205 g/mol.